The van der Waals surface area contributed by atoms with E-state index in [0.29, 0.717) is 13.1 Å². The van der Waals surface area contributed by atoms with Crippen LogP contribution in [0.15, 0.2) is 42.5 Å². The largest absolute Gasteiger partial charge is 0.464 e. The molecule has 0 radical (unpaired) electrons. The van der Waals surface area contributed by atoms with Crippen LogP contribution in [0.25, 0.3) is 0 Å². The van der Waals surface area contributed by atoms with Crippen LogP contribution in [0.4, 0.5) is 0 Å². The number of aromatic nitrogens is 1. The number of methoxy groups -OCH3 is 1. The molecule has 6 heteroatoms. The molecule has 0 fully saturated rings. The lowest BCUT2D eigenvalue weighted by Gasteiger charge is -2.07. The first kappa shape index (κ1) is 15.7. The zero-order chi connectivity index (χ0) is 15.9. The summed E-state index contributed by atoms with van der Waals surface area (Å²) in [6.45, 7) is 0.807. The standard InChI is InChI=1S/C16H17N3O3/c1-22-16(21)14-7-3-6-13(19-14)15(20)18-10-12-5-2-4-11(8-12)9-17/h2-8H,9-10,17H2,1H3,(H,18,20). The Morgan fingerprint density at radius 1 is 1.14 bits per heavy atom. The number of hydrogen-bond acceptors (Lipinski definition) is 5. The van der Waals surface area contributed by atoms with Crippen LogP contribution in [0.1, 0.15) is 32.1 Å². The van der Waals surface area contributed by atoms with E-state index in [0.717, 1.165) is 11.1 Å². The topological polar surface area (TPSA) is 94.3 Å². The highest BCUT2D eigenvalue weighted by Crippen LogP contribution is 2.05. The molecule has 1 amide bonds. The maximum atomic E-state index is 12.1. The van der Waals surface area contributed by atoms with Crippen molar-refractivity contribution in [1.82, 2.24) is 10.3 Å². The van der Waals surface area contributed by atoms with Crippen LogP contribution < -0.4 is 11.1 Å². The van der Waals surface area contributed by atoms with Crippen molar-refractivity contribution < 1.29 is 14.3 Å². The maximum Gasteiger partial charge on any atom is 0.356 e. The van der Waals surface area contributed by atoms with Crippen LogP contribution in [-0.4, -0.2) is 24.0 Å². The first-order valence-electron chi connectivity index (χ1n) is 6.75. The molecule has 2 aromatic rings. The Kier molecular flexibility index (Phi) is 5.21. The van der Waals surface area contributed by atoms with Crippen molar-refractivity contribution in [2.45, 2.75) is 13.1 Å². The molecule has 0 aliphatic heterocycles. The predicted molar refractivity (Wildman–Crippen MR) is 81.1 cm³/mol. The van der Waals surface area contributed by atoms with Gasteiger partial charge in [-0.2, -0.15) is 0 Å². The van der Waals surface area contributed by atoms with Crippen LogP contribution in [0, 0.1) is 0 Å². The van der Waals surface area contributed by atoms with Gasteiger partial charge in [0.1, 0.15) is 11.4 Å². The summed E-state index contributed by atoms with van der Waals surface area (Å²) in [4.78, 5) is 27.5. The van der Waals surface area contributed by atoms with Gasteiger partial charge in [-0.25, -0.2) is 9.78 Å². The van der Waals surface area contributed by atoms with Gasteiger partial charge in [-0.3, -0.25) is 4.79 Å². The fourth-order valence-electron chi connectivity index (χ4n) is 1.92. The normalized spacial score (nSPS) is 10.1. The molecule has 3 N–H and O–H groups in total. The van der Waals surface area contributed by atoms with Gasteiger partial charge in [-0.05, 0) is 23.3 Å². The molecule has 1 aromatic heterocycles. The van der Waals surface area contributed by atoms with Gasteiger partial charge in [0.2, 0.25) is 0 Å². The number of carbonyl (C=O) groups is 2. The summed E-state index contributed by atoms with van der Waals surface area (Å²) in [6.07, 6.45) is 0. The monoisotopic (exact) mass is 299 g/mol. The van der Waals surface area contributed by atoms with Crippen molar-refractivity contribution >= 4 is 11.9 Å². The van der Waals surface area contributed by atoms with Crippen LogP contribution in [-0.2, 0) is 17.8 Å². The molecule has 0 aliphatic carbocycles. The lowest BCUT2D eigenvalue weighted by atomic mass is 10.1. The molecular weight excluding hydrogens is 282 g/mol. The molecular formula is C16H17N3O3. The Bertz CT molecular complexity index is 686. The number of amides is 1. The first-order chi connectivity index (χ1) is 10.6. The summed E-state index contributed by atoms with van der Waals surface area (Å²) < 4.78 is 4.58. The summed E-state index contributed by atoms with van der Waals surface area (Å²) in [5, 5.41) is 2.76. The van der Waals surface area contributed by atoms with Crippen molar-refractivity contribution in [3.05, 3.63) is 65.0 Å². The third-order valence-corrected chi connectivity index (χ3v) is 3.06. The molecule has 114 valence electrons. The number of nitrogens with one attached hydrogen (secondary N) is 1. The number of esters is 1. The molecule has 0 saturated heterocycles. The van der Waals surface area contributed by atoms with E-state index in [1.165, 1.54) is 19.2 Å². The molecule has 0 atom stereocenters. The Labute approximate surface area is 128 Å². The van der Waals surface area contributed by atoms with Gasteiger partial charge in [0.05, 0.1) is 7.11 Å². The number of pyridine rings is 1. The molecule has 22 heavy (non-hydrogen) atoms. The van der Waals surface area contributed by atoms with Crippen molar-refractivity contribution in [2.75, 3.05) is 7.11 Å². The fraction of sp³-hybridized carbons (Fsp3) is 0.188. The second-order valence-electron chi connectivity index (χ2n) is 4.61. The van der Waals surface area contributed by atoms with Crippen molar-refractivity contribution in [3.8, 4) is 0 Å². The summed E-state index contributed by atoms with van der Waals surface area (Å²) >= 11 is 0. The Morgan fingerprint density at radius 2 is 1.82 bits per heavy atom. The van der Waals surface area contributed by atoms with E-state index in [1.807, 2.05) is 24.3 Å². The summed E-state index contributed by atoms with van der Waals surface area (Å²) in [5.74, 6) is -0.936. The van der Waals surface area contributed by atoms with Crippen LogP contribution in [0.2, 0.25) is 0 Å². The fourth-order valence-corrected chi connectivity index (χ4v) is 1.92. The number of rotatable bonds is 5. The number of hydrogen-bond donors (Lipinski definition) is 2. The maximum absolute atomic E-state index is 12.1. The molecule has 6 nitrogen and oxygen atoms in total. The van der Waals surface area contributed by atoms with Gasteiger partial charge >= 0.3 is 5.97 Å². The molecule has 0 aliphatic rings. The third-order valence-electron chi connectivity index (χ3n) is 3.06. The van der Waals surface area contributed by atoms with Gasteiger partial charge in [0.25, 0.3) is 5.91 Å². The van der Waals surface area contributed by atoms with Gasteiger partial charge in [0.15, 0.2) is 0 Å². The summed E-state index contributed by atoms with van der Waals surface area (Å²) in [7, 11) is 1.27. The molecule has 0 unspecified atom stereocenters. The van der Waals surface area contributed by atoms with Gasteiger partial charge in [-0.15, -0.1) is 0 Å². The van der Waals surface area contributed by atoms with Crippen LogP contribution >= 0.6 is 0 Å². The average molecular weight is 299 g/mol. The van der Waals surface area contributed by atoms with E-state index in [2.05, 4.69) is 15.0 Å². The lowest BCUT2D eigenvalue weighted by molar-refractivity contribution is 0.0594. The quantitative estimate of drug-likeness (QED) is 0.810. The number of ether oxygens (including phenoxy) is 1. The molecule has 1 heterocycles. The second kappa shape index (κ2) is 7.33. The Hall–Kier alpha value is -2.73. The van der Waals surface area contributed by atoms with E-state index in [9.17, 15) is 9.59 Å². The second-order valence-corrected chi connectivity index (χ2v) is 4.61. The summed E-state index contributed by atoms with van der Waals surface area (Å²) in [6, 6.07) is 12.3. The minimum absolute atomic E-state index is 0.0975. The first-order valence-corrected chi connectivity index (χ1v) is 6.75. The molecule has 2 rings (SSSR count). The van der Waals surface area contributed by atoms with Crippen molar-refractivity contribution in [2.24, 2.45) is 5.73 Å². The van der Waals surface area contributed by atoms with Gasteiger partial charge in [-0.1, -0.05) is 30.3 Å². The SMILES string of the molecule is COC(=O)c1cccc(C(=O)NCc2cccc(CN)c2)n1. The van der Waals surface area contributed by atoms with E-state index in [1.54, 1.807) is 6.07 Å². The van der Waals surface area contributed by atoms with E-state index in [-0.39, 0.29) is 17.3 Å². The molecule has 0 spiro atoms. The minimum atomic E-state index is -0.578. The Balaban J connectivity index is 2.04. The van der Waals surface area contributed by atoms with Crippen molar-refractivity contribution in [3.63, 3.8) is 0 Å². The smallest absolute Gasteiger partial charge is 0.356 e. The minimum Gasteiger partial charge on any atom is -0.464 e. The van der Waals surface area contributed by atoms with Crippen LogP contribution in [0.3, 0.4) is 0 Å². The van der Waals surface area contributed by atoms with E-state index in [4.69, 9.17) is 5.73 Å². The zero-order valence-corrected chi connectivity index (χ0v) is 12.2. The number of nitrogens with zero attached hydrogens (tertiary/aromatic N) is 1. The number of nitrogens with two attached hydrogens (primary N) is 1. The highest BCUT2D eigenvalue weighted by atomic mass is 16.5. The van der Waals surface area contributed by atoms with E-state index < -0.39 is 5.97 Å². The average Bonchev–Trinajstić information content (AvgIpc) is 2.59. The predicted octanol–water partition coefficient (Wildman–Crippen LogP) is 1.26. The van der Waals surface area contributed by atoms with Crippen LogP contribution in [0.5, 0.6) is 0 Å². The Morgan fingerprint density at radius 3 is 2.55 bits per heavy atom. The zero-order valence-electron chi connectivity index (χ0n) is 12.2. The number of carbonyl (C=O) groups excluding carboxylic acids is 2. The molecule has 1 aromatic carbocycles. The van der Waals surface area contributed by atoms with Gasteiger partial charge < -0.3 is 15.8 Å². The molecule has 0 saturated carbocycles. The summed E-state index contributed by atoms with van der Waals surface area (Å²) in [5.41, 5.74) is 7.79. The third kappa shape index (κ3) is 3.89. The lowest BCUT2D eigenvalue weighted by Crippen LogP contribution is -2.24. The van der Waals surface area contributed by atoms with Gasteiger partial charge in [0, 0.05) is 13.1 Å². The highest BCUT2D eigenvalue weighted by molar-refractivity contribution is 5.94. The highest BCUT2D eigenvalue weighted by Gasteiger charge is 2.12. The molecule has 0 bridgehead atoms. The van der Waals surface area contributed by atoms with Crippen molar-refractivity contribution in [1.29, 1.82) is 0 Å². The van der Waals surface area contributed by atoms with E-state index >= 15 is 0 Å². The number of benzene rings is 1.